The molecule has 0 radical (unpaired) electrons. The molecule has 1 aliphatic heterocycles. The Balaban J connectivity index is 0.955. The number of hydrogen-bond donors (Lipinski definition) is 16. The monoisotopic (exact) mass is 2080 g/mol. The molecule has 0 bridgehead atoms. The van der Waals surface area contributed by atoms with Gasteiger partial charge in [-0.15, -0.1) is 0 Å². The second-order valence-corrected chi connectivity index (χ2v) is 33.9. The van der Waals surface area contributed by atoms with Gasteiger partial charge in [-0.2, -0.15) is 5.10 Å². The summed E-state index contributed by atoms with van der Waals surface area (Å²) in [6.07, 6.45) is 7.87. The third-order valence-corrected chi connectivity index (χ3v) is 22.0. The molecule has 46 heteroatoms. The van der Waals surface area contributed by atoms with Crippen LogP contribution in [0.3, 0.4) is 0 Å². The Morgan fingerprint density at radius 1 is 0.442 bits per heavy atom. The van der Waals surface area contributed by atoms with Crippen molar-refractivity contribution >= 4 is 129 Å². The number of anilines is 2. The van der Waals surface area contributed by atoms with Crippen molar-refractivity contribution in [3.8, 4) is 0 Å². The molecule has 1 unspecified atom stereocenters. The fourth-order valence-electron chi connectivity index (χ4n) is 13.4. The van der Waals surface area contributed by atoms with E-state index in [4.69, 9.17) is 75.3 Å². The number of carbonyl (C=O) groups excluding carboxylic acids is 6. The van der Waals surface area contributed by atoms with E-state index in [0.717, 1.165) is 40.8 Å². The first-order valence-electron chi connectivity index (χ1n) is 47.0. The highest BCUT2D eigenvalue weighted by atomic mass is 127. The summed E-state index contributed by atoms with van der Waals surface area (Å²) in [7, 11) is 4.06. The highest BCUT2D eigenvalue weighted by Gasteiger charge is 2.27. The van der Waals surface area contributed by atoms with Crippen LogP contribution in [0.2, 0.25) is 0 Å². The maximum atomic E-state index is 13.4. The van der Waals surface area contributed by atoms with Crippen molar-refractivity contribution in [2.75, 3.05) is 268 Å². The van der Waals surface area contributed by atoms with Crippen molar-refractivity contribution in [1.29, 1.82) is 0 Å². The van der Waals surface area contributed by atoms with Gasteiger partial charge in [0.15, 0.2) is 5.11 Å². The molecular formula is C92H148IN17O27S. The molecule has 3 aromatic carbocycles. The van der Waals surface area contributed by atoms with E-state index in [0.29, 0.717) is 198 Å². The van der Waals surface area contributed by atoms with Crippen LogP contribution in [0, 0.1) is 3.57 Å². The average Bonchev–Trinajstić information content (AvgIpc) is 0.921. The molecule has 44 nitrogen and oxygen atoms in total. The van der Waals surface area contributed by atoms with Crippen molar-refractivity contribution in [2.45, 2.75) is 133 Å². The Morgan fingerprint density at radius 2 is 0.906 bits per heavy atom. The fraction of sp³-hybridized carbons (Fsp3) is 0.652. The molecule has 0 aromatic heterocycles. The molecule has 0 aliphatic carbocycles. The van der Waals surface area contributed by atoms with Crippen LogP contribution in [0.4, 0.5) is 21.0 Å². The Hall–Kier alpha value is -9.61. The average molecular weight is 2080 g/mol. The minimum atomic E-state index is -1.22. The quantitative estimate of drug-likeness (QED) is 0.00964. The van der Waals surface area contributed by atoms with E-state index in [1.807, 2.05) is 60.3 Å². The first-order chi connectivity index (χ1) is 66.7. The predicted molar refractivity (Wildman–Crippen MR) is 528 cm³/mol. The number of aliphatic imine (C=N–C) groups is 1. The molecule has 4 rings (SSSR count). The Kier molecular flexibility index (Phi) is 68.3. The van der Waals surface area contributed by atoms with Gasteiger partial charge in [-0.3, -0.25) is 48.4 Å². The molecule has 1 fully saturated rings. The van der Waals surface area contributed by atoms with E-state index < -0.39 is 65.9 Å². The maximum Gasteiger partial charge on any atom is 0.326 e. The molecule has 0 saturated carbocycles. The predicted octanol–water partition coefficient (Wildman–Crippen LogP) is 3.09. The van der Waals surface area contributed by atoms with Gasteiger partial charge in [0.25, 0.3) is 0 Å². The van der Waals surface area contributed by atoms with Crippen LogP contribution in [0.1, 0.15) is 113 Å². The lowest BCUT2D eigenvalue weighted by Crippen LogP contribution is -2.50. The number of halogens is 1. The largest absolute Gasteiger partial charge is 0.481 e. The van der Waals surface area contributed by atoms with E-state index in [-0.39, 0.29) is 174 Å². The molecule has 8 amide bonds. The number of ether oxygens (including phenoxy) is 11. The van der Waals surface area contributed by atoms with Crippen LogP contribution in [0.15, 0.2) is 82.9 Å². The van der Waals surface area contributed by atoms with Gasteiger partial charge < -0.3 is 146 Å². The summed E-state index contributed by atoms with van der Waals surface area (Å²) in [4.78, 5) is 147. The second-order valence-electron chi connectivity index (χ2n) is 32.2. The molecule has 1 aliphatic rings. The number of aryl methyl sites for hydroxylation is 1. The van der Waals surface area contributed by atoms with E-state index >= 15 is 0 Å². The van der Waals surface area contributed by atoms with E-state index in [1.54, 1.807) is 24.3 Å². The van der Waals surface area contributed by atoms with Crippen molar-refractivity contribution in [3.05, 3.63) is 93.1 Å². The van der Waals surface area contributed by atoms with Crippen LogP contribution in [0.25, 0.3) is 0 Å². The van der Waals surface area contributed by atoms with Gasteiger partial charge in [-0.25, -0.2) is 19.2 Å². The number of carboxylic acid groups (broad SMARTS) is 5. The SMILES string of the molecule is CN1CCN(CC(=O)O)CCN(CC(=O)O)CC(Cc2ccc(NC(=S)NCCCC[C@H](NC(=O)CCOCCOCCOCCOCCOCCOCCOCCOCCNC(=O)[C@H](CCCCNC(=O)CCCc3ccc(I)cc3)NC(=O)CCOCCOCCOCCN=C/C(=N\N)c3cccc(NC(=O)NCCCC[C@H](NC(=O)NCCCC(=O)O)C(=O)O)c3)C(=O)O)cc2)N(C)CC1. The zero-order valence-electron chi connectivity index (χ0n) is 79.8. The first kappa shape index (κ1) is 121. The number of aliphatic carboxylic acids is 5. The van der Waals surface area contributed by atoms with Gasteiger partial charge in [0.1, 0.15) is 23.8 Å². The molecule has 4 atom stereocenters. The lowest BCUT2D eigenvalue weighted by molar-refractivity contribution is -0.142. The number of amides is 8. The lowest BCUT2D eigenvalue weighted by atomic mass is 10.0. The lowest BCUT2D eigenvalue weighted by Gasteiger charge is -2.36. The molecule has 0 spiro atoms. The number of hydrogen-bond acceptors (Lipinski definition) is 30. The summed E-state index contributed by atoms with van der Waals surface area (Å²) in [5, 5.41) is 79.2. The van der Waals surface area contributed by atoms with E-state index in [1.165, 1.54) is 11.8 Å². The summed E-state index contributed by atoms with van der Waals surface area (Å²) in [6.45, 7) is 11.9. The number of nitrogens with two attached hydrogens (primary N) is 1. The van der Waals surface area contributed by atoms with Crippen LogP contribution in [0.5, 0.6) is 0 Å². The highest BCUT2D eigenvalue weighted by Crippen LogP contribution is 2.18. The molecule has 1 heterocycles. The highest BCUT2D eigenvalue weighted by molar-refractivity contribution is 14.1. The molecule has 17 N–H and O–H groups in total. The third kappa shape index (κ3) is 63.9. The van der Waals surface area contributed by atoms with Crippen molar-refractivity contribution in [1.82, 2.24) is 62.1 Å². The summed E-state index contributed by atoms with van der Waals surface area (Å²) in [6, 6.07) is 18.6. The molecule has 3 aromatic rings. The smallest absolute Gasteiger partial charge is 0.326 e. The summed E-state index contributed by atoms with van der Waals surface area (Å²) in [5.74, 6) is -0.757. The molecule has 1 saturated heterocycles. The number of likely N-dealkylation sites (N-methyl/N-ethyl adjacent to an activating group) is 2. The van der Waals surface area contributed by atoms with E-state index in [9.17, 15) is 73.2 Å². The van der Waals surface area contributed by atoms with Crippen LogP contribution < -0.4 is 59.0 Å². The number of hydrazone groups is 1. The van der Waals surface area contributed by atoms with Crippen molar-refractivity contribution < 1.29 is 130 Å². The third-order valence-electron chi connectivity index (χ3n) is 21.0. The van der Waals surface area contributed by atoms with E-state index in [2.05, 4.69) is 108 Å². The normalized spacial score (nSPS) is 14.3. The first-order valence-corrected chi connectivity index (χ1v) is 48.5. The van der Waals surface area contributed by atoms with Crippen molar-refractivity contribution in [3.63, 3.8) is 0 Å². The molecule has 138 heavy (non-hydrogen) atoms. The number of unbranched alkanes of at least 4 members (excludes halogenated alkanes) is 3. The Labute approximate surface area is 827 Å². The van der Waals surface area contributed by atoms with Gasteiger partial charge in [0.05, 0.1) is 165 Å². The van der Waals surface area contributed by atoms with Gasteiger partial charge in [-0.1, -0.05) is 36.4 Å². The number of carbonyl (C=O) groups is 11. The maximum absolute atomic E-state index is 13.4. The Morgan fingerprint density at radius 3 is 1.45 bits per heavy atom. The number of nitrogens with zero attached hydrogens (tertiary/aromatic N) is 6. The number of carboxylic acids is 5. The number of thiocarbonyl (C=S) groups is 1. The number of benzene rings is 3. The van der Waals surface area contributed by atoms with Gasteiger partial charge in [-0.05, 0) is 180 Å². The summed E-state index contributed by atoms with van der Waals surface area (Å²) in [5.41, 5.74) is 4.38. The van der Waals surface area contributed by atoms with Gasteiger partial charge >= 0.3 is 41.9 Å². The number of urea groups is 2. The Bertz CT molecular complexity index is 4010. The second kappa shape index (κ2) is 78.1. The van der Waals surface area contributed by atoms with Crippen molar-refractivity contribution in [2.24, 2.45) is 15.9 Å². The minimum absolute atomic E-state index is 0.00235. The zero-order chi connectivity index (χ0) is 100. The number of rotatable bonds is 78. The fourth-order valence-corrected chi connectivity index (χ4v) is 14.0. The van der Waals surface area contributed by atoms with Crippen LogP contribution in [-0.2, 0) is 108 Å². The van der Waals surface area contributed by atoms with Crippen LogP contribution >= 0.6 is 34.8 Å². The summed E-state index contributed by atoms with van der Waals surface area (Å²) >= 11 is 7.78. The molecule has 776 valence electrons. The number of nitrogens with one attached hydrogen (secondary N) is 10. The zero-order valence-corrected chi connectivity index (χ0v) is 82.7. The minimum Gasteiger partial charge on any atom is -0.481 e. The summed E-state index contributed by atoms with van der Waals surface area (Å²) < 4.78 is 62.7. The topological polar surface area (TPSA) is 574 Å². The standard InChI is InChI=1S/C92H148IN17O27S/c1-107-36-38-108(2)76(67-110(69-86(118)119)41-40-109(39-37-107)68-85(116)117)64-71-22-26-74(27-23-71)102-92(138)100-32-8-5-16-78(88(121)122)104-83(113)29-43-128-47-51-132-54-56-134-58-60-136-62-63-137-61-59-135-57-55-133-53-49-130-45-35-97-87(120)77(15-3-6-30-96-81(111)18-9-12-70-20-24-73(93)25-21-70)103-82(112)28-42-127-46-50-131-52-48-129-44-34-95-66-80(106-94)72-13-10-14-75(65-72)101-90(125)98-31-7-4-17-79(89(123)124)105-91(126)99-33-11-19-84(114)115/h10,13-14,20-27,65-66,76-79H,3-9,11-12,15-19,28-64,67-69,94H2,1-2H3,(H,96,111)(H,97,120)(H,103,112)(H,104,113)(H,114,115)(H,116,117)(H,118,119)(H,121,122)(H,123,124)(H2,98,101,125)(H2,99,105,126)(H2,100,102,138)/b95-66?,106-80+/t76?,77-,78-,79-/m0/s1. The van der Waals surface area contributed by atoms with Gasteiger partial charge in [0.2, 0.25) is 23.6 Å². The molecular weight excluding hydrogens is 1930 g/mol. The van der Waals surface area contributed by atoms with Gasteiger partial charge in [0, 0.05) is 137 Å². The van der Waals surface area contributed by atoms with Crippen LogP contribution in [-0.4, -0.2) is 409 Å².